The first-order chi connectivity index (χ1) is 3.30. The Labute approximate surface area is 54.2 Å². The Kier molecular flexibility index (Phi) is 1.45. The third kappa shape index (κ3) is 1.01. The van der Waals surface area contributed by atoms with E-state index >= 15 is 0 Å². The fourth-order valence-electron chi connectivity index (χ4n) is 0.586. The predicted octanol–water partition coefficient (Wildman–Crippen LogP) is 1.77. The first-order valence-corrected chi connectivity index (χ1v) is 3.58. The van der Waals surface area contributed by atoms with Crippen LogP contribution in [-0.2, 0) is 18.6 Å². The molecule has 0 saturated heterocycles. The van der Waals surface area contributed by atoms with Crippen LogP contribution in [0.25, 0.3) is 0 Å². The molecule has 39 valence electrons. The zero-order valence-electron chi connectivity index (χ0n) is 4.22. The summed E-state index contributed by atoms with van der Waals surface area (Å²) in [6, 6.07) is 0. The molecule has 7 heavy (non-hydrogen) atoms. The topological polar surface area (TPSA) is 0 Å². The van der Waals surface area contributed by atoms with Gasteiger partial charge in [-0.2, -0.15) is 0 Å². The molecule has 0 spiro atoms. The molecule has 0 aromatic rings. The van der Waals surface area contributed by atoms with E-state index in [0.717, 1.165) is 0 Å². The molecule has 0 atom stereocenters. The van der Waals surface area contributed by atoms with Gasteiger partial charge < -0.3 is 0 Å². The van der Waals surface area contributed by atoms with Gasteiger partial charge in [0.15, 0.2) is 0 Å². The van der Waals surface area contributed by atoms with E-state index in [-0.39, 0.29) is 0 Å². The summed E-state index contributed by atoms with van der Waals surface area (Å²) in [5.41, 5.74) is 1.46. The summed E-state index contributed by atoms with van der Waals surface area (Å²) in [6.07, 6.45) is 5.57. The van der Waals surface area contributed by atoms with E-state index in [1.165, 1.54) is 12.0 Å². The van der Waals surface area contributed by atoms with E-state index in [4.69, 9.17) is 0 Å². The quantitative estimate of drug-likeness (QED) is 0.629. The van der Waals surface area contributed by atoms with Gasteiger partial charge in [-0.25, -0.2) is 0 Å². The third-order valence-corrected chi connectivity index (χ3v) is 2.60. The van der Waals surface area contributed by atoms with Crippen LogP contribution in [0, 0.1) is 0 Å². The Hall–Kier alpha value is 0.116. The van der Waals surface area contributed by atoms with Crippen molar-refractivity contribution in [2.45, 2.75) is 13.3 Å². The zero-order valence-corrected chi connectivity index (χ0v) is 6.76. The molecule has 0 amide bonds. The molecule has 1 aliphatic carbocycles. The van der Waals surface area contributed by atoms with E-state index in [9.17, 15) is 0 Å². The molecule has 0 aliphatic heterocycles. The summed E-state index contributed by atoms with van der Waals surface area (Å²) < 4.78 is 1.54. The van der Waals surface area contributed by atoms with Crippen LogP contribution in [0.4, 0.5) is 0 Å². The average molecular weight is 269 g/mol. The maximum atomic E-state index is 2.21. The standard InChI is InChI=1S/C6H7.Os/c1-6-4-2-3-5-6;/h2,4H,3H2,1H3;. The van der Waals surface area contributed by atoms with Crippen molar-refractivity contribution in [3.8, 4) is 0 Å². The van der Waals surface area contributed by atoms with E-state index < -0.39 is 0 Å². The average Bonchev–Trinajstić information content (AvgIpc) is 1.91. The van der Waals surface area contributed by atoms with Crippen LogP contribution in [-0.4, -0.2) is 0 Å². The summed E-state index contributed by atoms with van der Waals surface area (Å²) >= 11 is 1.99. The van der Waals surface area contributed by atoms with Crippen molar-refractivity contribution in [1.29, 1.82) is 0 Å². The Bertz CT molecular complexity index is 131. The molecule has 0 N–H and O–H groups in total. The van der Waals surface area contributed by atoms with E-state index in [2.05, 4.69) is 19.1 Å². The summed E-state index contributed by atoms with van der Waals surface area (Å²) in [5, 5.41) is 0. The molecular formula is C6H7Os. The first kappa shape index (κ1) is 5.26. The maximum absolute atomic E-state index is 2.21. The van der Waals surface area contributed by atoms with Gasteiger partial charge in [0, 0.05) is 0 Å². The molecule has 0 fully saturated rings. The van der Waals surface area contributed by atoms with Crippen LogP contribution in [0.5, 0.6) is 0 Å². The van der Waals surface area contributed by atoms with Gasteiger partial charge in [0.1, 0.15) is 0 Å². The van der Waals surface area contributed by atoms with E-state index in [1.807, 2.05) is 18.6 Å². The summed E-state index contributed by atoms with van der Waals surface area (Å²) in [4.78, 5) is 0. The Balaban J connectivity index is 2.79. The summed E-state index contributed by atoms with van der Waals surface area (Å²) in [7, 11) is 0. The van der Waals surface area contributed by atoms with Crippen molar-refractivity contribution in [2.75, 3.05) is 0 Å². The molecule has 0 nitrogen and oxygen atoms in total. The van der Waals surface area contributed by atoms with Gasteiger partial charge in [-0.3, -0.25) is 0 Å². The Morgan fingerprint density at radius 1 is 1.71 bits per heavy atom. The molecule has 0 radical (unpaired) electrons. The normalized spacial score (nSPS) is 19.1. The Morgan fingerprint density at radius 3 is 2.57 bits per heavy atom. The van der Waals surface area contributed by atoms with Gasteiger partial charge in [0.25, 0.3) is 0 Å². The fraction of sp³-hybridized carbons (Fsp3) is 0.333. The third-order valence-electron chi connectivity index (χ3n) is 1.08. The van der Waals surface area contributed by atoms with Gasteiger partial charge >= 0.3 is 53.8 Å². The first-order valence-electron chi connectivity index (χ1n) is 2.31. The molecule has 0 aromatic heterocycles. The fourth-order valence-corrected chi connectivity index (χ4v) is 1.10. The van der Waals surface area contributed by atoms with E-state index in [0.29, 0.717) is 0 Å². The van der Waals surface area contributed by atoms with Crippen molar-refractivity contribution >= 4 is 0 Å². The molecule has 0 aromatic carbocycles. The van der Waals surface area contributed by atoms with Gasteiger partial charge in [-0.1, -0.05) is 0 Å². The SMILES string of the molecule is CC1=[C]([Os])CC=C1. The van der Waals surface area contributed by atoms with E-state index in [1.54, 1.807) is 4.13 Å². The number of rotatable bonds is 0. The van der Waals surface area contributed by atoms with Crippen molar-refractivity contribution in [3.63, 3.8) is 0 Å². The van der Waals surface area contributed by atoms with Crippen LogP contribution in [0.2, 0.25) is 0 Å². The van der Waals surface area contributed by atoms with Crippen molar-refractivity contribution in [1.82, 2.24) is 0 Å². The second-order valence-corrected chi connectivity index (χ2v) is 3.21. The second kappa shape index (κ2) is 1.93. The molecular weight excluding hydrogens is 262 g/mol. The van der Waals surface area contributed by atoms with Crippen LogP contribution in [0.3, 0.4) is 0 Å². The van der Waals surface area contributed by atoms with Crippen LogP contribution in [0.15, 0.2) is 21.9 Å². The molecule has 1 heteroatoms. The molecule has 1 rings (SSSR count). The molecule has 0 saturated carbocycles. The van der Waals surface area contributed by atoms with Crippen molar-refractivity contribution < 1.29 is 18.6 Å². The van der Waals surface area contributed by atoms with Crippen LogP contribution < -0.4 is 0 Å². The van der Waals surface area contributed by atoms with Crippen LogP contribution >= 0.6 is 0 Å². The van der Waals surface area contributed by atoms with Crippen LogP contribution in [0.1, 0.15) is 13.3 Å². The van der Waals surface area contributed by atoms with Gasteiger partial charge in [0.2, 0.25) is 0 Å². The molecule has 0 unspecified atom stereocenters. The van der Waals surface area contributed by atoms with Gasteiger partial charge in [-0.05, 0) is 0 Å². The predicted molar refractivity (Wildman–Crippen MR) is 26.5 cm³/mol. The molecule has 0 bridgehead atoms. The second-order valence-electron chi connectivity index (χ2n) is 1.68. The summed E-state index contributed by atoms with van der Waals surface area (Å²) in [6.45, 7) is 2.16. The summed E-state index contributed by atoms with van der Waals surface area (Å²) in [5.74, 6) is 0. The monoisotopic (exact) mass is 271 g/mol. The molecule has 0 heterocycles. The Morgan fingerprint density at radius 2 is 2.43 bits per heavy atom. The van der Waals surface area contributed by atoms with Gasteiger partial charge in [0.05, 0.1) is 0 Å². The minimum atomic E-state index is 1.18. The number of allylic oxidation sites excluding steroid dienone is 4. The number of hydrogen-bond donors (Lipinski definition) is 0. The molecule has 1 aliphatic rings. The number of hydrogen-bond acceptors (Lipinski definition) is 0. The minimum absolute atomic E-state index is 1.18. The van der Waals surface area contributed by atoms with Crippen molar-refractivity contribution in [2.24, 2.45) is 0 Å². The van der Waals surface area contributed by atoms with Gasteiger partial charge in [-0.15, -0.1) is 0 Å². The zero-order chi connectivity index (χ0) is 5.28. The van der Waals surface area contributed by atoms with Crippen molar-refractivity contribution in [3.05, 3.63) is 21.9 Å².